The lowest BCUT2D eigenvalue weighted by molar-refractivity contribution is 0.252. The number of hydrogen-bond acceptors (Lipinski definition) is 3. The average molecular weight is 449 g/mol. The molecule has 0 unspecified atom stereocenters. The molecule has 0 atom stereocenters. The van der Waals surface area contributed by atoms with E-state index < -0.39 is 0 Å². The summed E-state index contributed by atoms with van der Waals surface area (Å²) in [6.07, 6.45) is 4.89. The van der Waals surface area contributed by atoms with Crippen LogP contribution in [0.1, 0.15) is 40.0 Å². The number of pyridine rings is 1. The number of benzene rings is 2. The van der Waals surface area contributed by atoms with Gasteiger partial charge in [0, 0.05) is 48.8 Å². The summed E-state index contributed by atoms with van der Waals surface area (Å²) in [6.45, 7) is 9.41. The molecule has 3 rings (SSSR count). The van der Waals surface area contributed by atoms with Gasteiger partial charge in [-0.2, -0.15) is 0 Å². The third kappa shape index (κ3) is 6.85. The number of rotatable bonds is 11. The zero-order valence-electron chi connectivity index (χ0n) is 20.0. The number of urea groups is 1. The van der Waals surface area contributed by atoms with Crippen molar-refractivity contribution >= 4 is 28.2 Å². The minimum atomic E-state index is -0.255. The van der Waals surface area contributed by atoms with Crippen molar-refractivity contribution in [3.8, 4) is 0 Å². The molecule has 1 aromatic heterocycles. The van der Waals surface area contributed by atoms with Crippen LogP contribution in [-0.4, -0.2) is 30.2 Å². The maximum absolute atomic E-state index is 12.8. The first kappa shape index (κ1) is 24.4. The second-order valence-corrected chi connectivity index (χ2v) is 8.85. The van der Waals surface area contributed by atoms with Gasteiger partial charge in [0.2, 0.25) is 0 Å². The van der Waals surface area contributed by atoms with Crippen molar-refractivity contribution in [2.24, 2.45) is 5.92 Å². The second kappa shape index (κ2) is 12.1. The van der Waals surface area contributed by atoms with Crippen LogP contribution in [0.25, 0.3) is 10.8 Å². The number of nitrogens with one attached hydrogen (secondary N) is 2. The predicted molar refractivity (Wildman–Crippen MR) is 138 cm³/mol. The minimum absolute atomic E-state index is 0.0293. The molecule has 2 N–H and O–H groups in total. The summed E-state index contributed by atoms with van der Waals surface area (Å²) < 4.78 is 1.69. The monoisotopic (exact) mass is 448 g/mol. The molecule has 0 saturated heterocycles. The topological polar surface area (TPSA) is 66.4 Å². The molecule has 0 saturated carbocycles. The number of anilines is 2. The average Bonchev–Trinajstić information content (AvgIpc) is 2.82. The molecule has 3 aromatic rings. The Bertz CT molecular complexity index is 1090. The van der Waals surface area contributed by atoms with E-state index in [1.165, 1.54) is 5.69 Å². The standard InChI is InChI=1S/C27H36N4O2/c1-4-5-17-30(22-12-7-6-8-13-22)18-11-16-28-27(33)29-25-20-31(19-21(2)3)26(32)24-15-10-9-14-23(24)25/h6-10,12-15,20-21H,4-5,11,16-19H2,1-3H3,(H2,28,29,33). The highest BCUT2D eigenvalue weighted by Crippen LogP contribution is 2.21. The number of carbonyl (C=O) groups excluding carboxylic acids is 1. The van der Waals surface area contributed by atoms with Gasteiger partial charge in [-0.3, -0.25) is 4.79 Å². The Hall–Kier alpha value is -3.28. The Morgan fingerprint density at radius 3 is 2.33 bits per heavy atom. The molecule has 176 valence electrons. The van der Waals surface area contributed by atoms with Crippen LogP contribution < -0.4 is 21.1 Å². The number of fused-ring (bicyclic) bond motifs is 1. The first-order valence-electron chi connectivity index (χ1n) is 12.0. The van der Waals surface area contributed by atoms with Crippen LogP contribution in [-0.2, 0) is 6.54 Å². The summed E-state index contributed by atoms with van der Waals surface area (Å²) in [7, 11) is 0. The van der Waals surface area contributed by atoms with Crippen molar-refractivity contribution in [1.82, 2.24) is 9.88 Å². The summed E-state index contributed by atoms with van der Waals surface area (Å²) in [6, 6.07) is 17.6. The largest absolute Gasteiger partial charge is 0.371 e. The number of aromatic nitrogens is 1. The third-order valence-corrected chi connectivity index (χ3v) is 5.60. The first-order chi connectivity index (χ1) is 16.0. The Balaban J connectivity index is 1.61. The Labute approximate surface area is 196 Å². The zero-order valence-corrected chi connectivity index (χ0v) is 20.0. The van der Waals surface area contributed by atoms with Gasteiger partial charge >= 0.3 is 6.03 Å². The molecule has 1 heterocycles. The predicted octanol–water partition coefficient (Wildman–Crippen LogP) is 5.48. The summed E-state index contributed by atoms with van der Waals surface area (Å²) in [5.74, 6) is 0.325. The van der Waals surface area contributed by atoms with Crippen molar-refractivity contribution in [2.45, 2.75) is 46.6 Å². The number of unbranched alkanes of at least 4 members (excludes halogenated alkanes) is 1. The van der Waals surface area contributed by atoms with Gasteiger partial charge in [-0.05, 0) is 37.0 Å². The van der Waals surface area contributed by atoms with Gasteiger partial charge in [-0.15, -0.1) is 0 Å². The summed E-state index contributed by atoms with van der Waals surface area (Å²) in [4.78, 5) is 27.8. The minimum Gasteiger partial charge on any atom is -0.371 e. The Kier molecular flexibility index (Phi) is 8.93. The highest BCUT2D eigenvalue weighted by Gasteiger charge is 2.12. The molecule has 2 amide bonds. The van der Waals surface area contributed by atoms with Gasteiger partial charge in [-0.25, -0.2) is 4.79 Å². The van der Waals surface area contributed by atoms with Gasteiger partial charge in [0.05, 0.1) is 5.69 Å². The quantitative estimate of drug-likeness (QED) is 0.382. The fraction of sp³-hybridized carbons (Fsp3) is 0.407. The molecule has 0 spiro atoms. The van der Waals surface area contributed by atoms with E-state index in [2.05, 4.69) is 60.6 Å². The number of nitrogens with zero attached hydrogens (tertiary/aromatic N) is 2. The first-order valence-corrected chi connectivity index (χ1v) is 12.0. The summed E-state index contributed by atoms with van der Waals surface area (Å²) >= 11 is 0. The van der Waals surface area contributed by atoms with E-state index in [1.807, 2.05) is 30.3 Å². The molecular formula is C27H36N4O2. The van der Waals surface area contributed by atoms with E-state index in [1.54, 1.807) is 10.8 Å². The van der Waals surface area contributed by atoms with Gasteiger partial charge in [0.25, 0.3) is 5.56 Å². The summed E-state index contributed by atoms with van der Waals surface area (Å²) in [5.41, 5.74) is 1.84. The zero-order chi connectivity index (χ0) is 23.6. The van der Waals surface area contributed by atoms with Crippen molar-refractivity contribution in [3.63, 3.8) is 0 Å². The van der Waals surface area contributed by atoms with Gasteiger partial charge in [0.15, 0.2) is 0 Å². The van der Waals surface area contributed by atoms with E-state index in [4.69, 9.17) is 0 Å². The van der Waals surface area contributed by atoms with Gasteiger partial charge in [-0.1, -0.05) is 63.6 Å². The number of carbonyl (C=O) groups is 1. The SMILES string of the molecule is CCCCN(CCCNC(=O)Nc1cn(CC(C)C)c(=O)c2ccccc12)c1ccccc1. The van der Waals surface area contributed by atoms with Crippen LogP contribution in [0.15, 0.2) is 65.6 Å². The Morgan fingerprint density at radius 1 is 0.970 bits per heavy atom. The maximum Gasteiger partial charge on any atom is 0.319 e. The molecule has 0 aliphatic rings. The van der Waals surface area contributed by atoms with Crippen LogP contribution in [0.5, 0.6) is 0 Å². The molecule has 2 aromatic carbocycles. The van der Waals surface area contributed by atoms with Crippen LogP contribution in [0.2, 0.25) is 0 Å². The number of amides is 2. The fourth-order valence-corrected chi connectivity index (χ4v) is 3.97. The smallest absolute Gasteiger partial charge is 0.319 e. The molecule has 6 heteroatoms. The van der Waals surface area contributed by atoms with Crippen molar-refractivity contribution < 1.29 is 4.79 Å². The molecule has 0 fully saturated rings. The second-order valence-electron chi connectivity index (χ2n) is 8.85. The molecular weight excluding hydrogens is 412 g/mol. The lowest BCUT2D eigenvalue weighted by Gasteiger charge is -2.25. The molecule has 0 radical (unpaired) electrons. The number of para-hydroxylation sites is 1. The van der Waals surface area contributed by atoms with Crippen molar-refractivity contribution in [1.29, 1.82) is 0 Å². The van der Waals surface area contributed by atoms with Crippen LogP contribution >= 0.6 is 0 Å². The van der Waals surface area contributed by atoms with Crippen molar-refractivity contribution in [3.05, 3.63) is 71.1 Å². The van der Waals surface area contributed by atoms with E-state index in [0.29, 0.717) is 30.1 Å². The van der Waals surface area contributed by atoms with E-state index in [-0.39, 0.29) is 11.6 Å². The van der Waals surface area contributed by atoms with Gasteiger partial charge in [0.1, 0.15) is 0 Å². The lowest BCUT2D eigenvalue weighted by Crippen LogP contribution is -2.33. The summed E-state index contributed by atoms with van der Waals surface area (Å²) in [5, 5.41) is 7.30. The third-order valence-electron chi connectivity index (χ3n) is 5.60. The van der Waals surface area contributed by atoms with Crippen LogP contribution in [0.4, 0.5) is 16.2 Å². The molecule has 0 aliphatic heterocycles. The maximum atomic E-state index is 12.8. The van der Waals surface area contributed by atoms with Crippen LogP contribution in [0.3, 0.4) is 0 Å². The Morgan fingerprint density at radius 2 is 1.64 bits per heavy atom. The molecule has 6 nitrogen and oxygen atoms in total. The van der Waals surface area contributed by atoms with E-state index in [9.17, 15) is 9.59 Å². The van der Waals surface area contributed by atoms with E-state index in [0.717, 1.165) is 37.7 Å². The van der Waals surface area contributed by atoms with Crippen molar-refractivity contribution in [2.75, 3.05) is 29.9 Å². The molecule has 0 bridgehead atoms. The van der Waals surface area contributed by atoms with Crippen LogP contribution in [0, 0.1) is 5.92 Å². The lowest BCUT2D eigenvalue weighted by atomic mass is 10.1. The van der Waals surface area contributed by atoms with E-state index >= 15 is 0 Å². The fourth-order valence-electron chi connectivity index (χ4n) is 3.97. The molecule has 33 heavy (non-hydrogen) atoms. The molecule has 0 aliphatic carbocycles. The highest BCUT2D eigenvalue weighted by molar-refractivity contribution is 6.00. The van der Waals surface area contributed by atoms with Gasteiger partial charge < -0.3 is 20.1 Å². The normalized spacial score (nSPS) is 11.0. The number of hydrogen-bond donors (Lipinski definition) is 2. The highest BCUT2D eigenvalue weighted by atomic mass is 16.2.